The molecule has 0 aliphatic carbocycles. The zero-order valence-electron chi connectivity index (χ0n) is 9.48. The van der Waals surface area contributed by atoms with Crippen LogP contribution in [-0.2, 0) is 11.2 Å². The molecule has 1 fully saturated rings. The number of rotatable bonds is 5. The van der Waals surface area contributed by atoms with E-state index in [0.29, 0.717) is 19.8 Å². The quantitative estimate of drug-likeness (QED) is 0.728. The van der Waals surface area contributed by atoms with Gasteiger partial charge in [0.15, 0.2) is 0 Å². The Labute approximate surface area is 96.4 Å². The minimum absolute atomic E-state index is 0.464. The predicted molar refractivity (Wildman–Crippen MR) is 63.4 cm³/mol. The molecule has 0 saturated carbocycles. The van der Waals surface area contributed by atoms with Gasteiger partial charge in [0.05, 0.1) is 6.61 Å². The summed E-state index contributed by atoms with van der Waals surface area (Å²) in [6.45, 7) is 2.66. The van der Waals surface area contributed by atoms with Crippen molar-refractivity contribution >= 4 is 0 Å². The molecule has 3 heteroatoms. The Morgan fingerprint density at radius 1 is 1.31 bits per heavy atom. The molecule has 1 unspecified atom stereocenters. The highest BCUT2D eigenvalue weighted by Crippen LogP contribution is 2.16. The van der Waals surface area contributed by atoms with Crippen molar-refractivity contribution in [2.24, 2.45) is 0 Å². The average Bonchev–Trinajstić information content (AvgIpc) is 2.74. The van der Waals surface area contributed by atoms with Crippen molar-refractivity contribution in [3.8, 4) is 0 Å². The molecule has 0 bridgehead atoms. The monoisotopic (exact) mass is 221 g/mol. The number of benzene rings is 1. The molecule has 1 aromatic carbocycles. The van der Waals surface area contributed by atoms with E-state index in [9.17, 15) is 5.11 Å². The Kier molecular flexibility index (Phi) is 3.93. The molecule has 0 amide bonds. The number of hydrogen-bond donors (Lipinski definition) is 2. The highest BCUT2D eigenvalue weighted by molar-refractivity contribution is 5.14. The highest BCUT2D eigenvalue weighted by atomic mass is 16.5. The van der Waals surface area contributed by atoms with E-state index in [2.05, 4.69) is 17.4 Å². The Morgan fingerprint density at radius 3 is 2.81 bits per heavy atom. The summed E-state index contributed by atoms with van der Waals surface area (Å²) in [5.74, 6) is 0. The van der Waals surface area contributed by atoms with Crippen LogP contribution in [0.3, 0.4) is 0 Å². The Bertz CT molecular complexity index is 307. The third-order valence-corrected chi connectivity index (χ3v) is 2.97. The van der Waals surface area contributed by atoms with Crippen LogP contribution in [0.4, 0.5) is 0 Å². The first-order chi connectivity index (χ1) is 7.79. The summed E-state index contributed by atoms with van der Waals surface area (Å²) in [6, 6.07) is 10.4. The van der Waals surface area contributed by atoms with E-state index in [1.807, 2.05) is 18.2 Å². The van der Waals surface area contributed by atoms with Crippen LogP contribution in [0.5, 0.6) is 0 Å². The van der Waals surface area contributed by atoms with Crippen molar-refractivity contribution in [2.75, 3.05) is 26.3 Å². The molecule has 0 radical (unpaired) electrons. The lowest BCUT2D eigenvalue weighted by molar-refractivity contribution is 0.0273. The fraction of sp³-hybridized carbons (Fsp3) is 0.538. The minimum Gasteiger partial charge on any atom is -0.386 e. The van der Waals surface area contributed by atoms with Gasteiger partial charge in [-0.05, 0) is 18.5 Å². The van der Waals surface area contributed by atoms with Crippen LogP contribution in [0.1, 0.15) is 12.0 Å². The fourth-order valence-electron chi connectivity index (χ4n) is 1.93. The van der Waals surface area contributed by atoms with Crippen LogP contribution < -0.4 is 5.32 Å². The van der Waals surface area contributed by atoms with Gasteiger partial charge in [-0.1, -0.05) is 30.3 Å². The van der Waals surface area contributed by atoms with Gasteiger partial charge in [0.2, 0.25) is 0 Å². The molecule has 1 aliphatic heterocycles. The summed E-state index contributed by atoms with van der Waals surface area (Å²) in [5.41, 5.74) is 0.682. The van der Waals surface area contributed by atoms with Crippen LogP contribution in [-0.4, -0.2) is 37.0 Å². The zero-order chi connectivity index (χ0) is 11.3. The van der Waals surface area contributed by atoms with Crippen molar-refractivity contribution in [1.82, 2.24) is 5.32 Å². The van der Waals surface area contributed by atoms with Crippen LogP contribution in [0, 0.1) is 0 Å². The maximum Gasteiger partial charge on any atom is 0.102 e. The van der Waals surface area contributed by atoms with Gasteiger partial charge in [-0.2, -0.15) is 0 Å². The molecule has 2 N–H and O–H groups in total. The Hall–Kier alpha value is -0.900. The van der Waals surface area contributed by atoms with E-state index in [4.69, 9.17) is 4.74 Å². The maximum absolute atomic E-state index is 10.0. The van der Waals surface area contributed by atoms with E-state index in [1.54, 1.807) is 0 Å². The normalized spacial score (nSPS) is 24.8. The third kappa shape index (κ3) is 3.30. The summed E-state index contributed by atoms with van der Waals surface area (Å²) in [4.78, 5) is 0. The number of nitrogens with one attached hydrogen (secondary N) is 1. The third-order valence-electron chi connectivity index (χ3n) is 2.97. The lowest BCUT2D eigenvalue weighted by Gasteiger charge is -2.20. The summed E-state index contributed by atoms with van der Waals surface area (Å²) < 4.78 is 5.19. The lowest BCUT2D eigenvalue weighted by Crippen LogP contribution is -2.41. The van der Waals surface area contributed by atoms with Crippen LogP contribution in [0.25, 0.3) is 0 Å². The molecule has 2 rings (SSSR count). The van der Waals surface area contributed by atoms with E-state index in [1.165, 1.54) is 5.56 Å². The zero-order valence-corrected chi connectivity index (χ0v) is 9.48. The Morgan fingerprint density at radius 2 is 2.12 bits per heavy atom. The molecular weight excluding hydrogens is 202 g/mol. The number of ether oxygens (including phenoxy) is 1. The van der Waals surface area contributed by atoms with Crippen molar-refractivity contribution in [2.45, 2.75) is 18.4 Å². The van der Waals surface area contributed by atoms with Crippen molar-refractivity contribution < 1.29 is 9.84 Å². The molecule has 1 saturated heterocycles. The van der Waals surface area contributed by atoms with Crippen LogP contribution in [0.2, 0.25) is 0 Å². The summed E-state index contributed by atoms with van der Waals surface area (Å²) in [6.07, 6.45) is 1.74. The number of aliphatic hydroxyl groups is 1. The minimum atomic E-state index is -0.642. The van der Waals surface area contributed by atoms with Crippen molar-refractivity contribution in [1.29, 1.82) is 0 Å². The summed E-state index contributed by atoms with van der Waals surface area (Å²) in [5, 5.41) is 13.3. The highest BCUT2D eigenvalue weighted by Gasteiger charge is 2.31. The molecular formula is C13H19NO2. The summed E-state index contributed by atoms with van der Waals surface area (Å²) >= 11 is 0. The van der Waals surface area contributed by atoms with Gasteiger partial charge in [0.1, 0.15) is 5.60 Å². The topological polar surface area (TPSA) is 41.5 Å². The predicted octanol–water partition coefficient (Wildman–Crippen LogP) is 0.970. The largest absolute Gasteiger partial charge is 0.386 e. The second-order valence-electron chi connectivity index (χ2n) is 4.44. The molecule has 1 atom stereocenters. The maximum atomic E-state index is 10.0. The van der Waals surface area contributed by atoms with Gasteiger partial charge >= 0.3 is 0 Å². The van der Waals surface area contributed by atoms with Gasteiger partial charge in [0, 0.05) is 19.6 Å². The van der Waals surface area contributed by atoms with Gasteiger partial charge in [-0.15, -0.1) is 0 Å². The molecule has 88 valence electrons. The van der Waals surface area contributed by atoms with Crippen molar-refractivity contribution in [3.05, 3.63) is 35.9 Å². The molecule has 1 heterocycles. The van der Waals surface area contributed by atoms with E-state index < -0.39 is 5.60 Å². The second-order valence-corrected chi connectivity index (χ2v) is 4.44. The van der Waals surface area contributed by atoms with E-state index in [0.717, 1.165) is 19.4 Å². The molecule has 0 aromatic heterocycles. The lowest BCUT2D eigenvalue weighted by atomic mass is 10.0. The second kappa shape index (κ2) is 5.43. The SMILES string of the molecule is OC1(CNCCc2ccccc2)CCOC1. The Balaban J connectivity index is 1.65. The smallest absolute Gasteiger partial charge is 0.102 e. The van der Waals surface area contributed by atoms with Gasteiger partial charge in [0.25, 0.3) is 0 Å². The first-order valence-electron chi connectivity index (χ1n) is 5.83. The van der Waals surface area contributed by atoms with E-state index >= 15 is 0 Å². The summed E-state index contributed by atoms with van der Waals surface area (Å²) in [7, 11) is 0. The first kappa shape index (κ1) is 11.6. The number of hydrogen-bond acceptors (Lipinski definition) is 3. The van der Waals surface area contributed by atoms with Crippen LogP contribution >= 0.6 is 0 Å². The first-order valence-corrected chi connectivity index (χ1v) is 5.83. The van der Waals surface area contributed by atoms with Crippen LogP contribution in [0.15, 0.2) is 30.3 Å². The van der Waals surface area contributed by atoms with Gasteiger partial charge < -0.3 is 15.2 Å². The van der Waals surface area contributed by atoms with Gasteiger partial charge in [-0.3, -0.25) is 0 Å². The average molecular weight is 221 g/mol. The molecule has 1 aliphatic rings. The van der Waals surface area contributed by atoms with Gasteiger partial charge in [-0.25, -0.2) is 0 Å². The van der Waals surface area contributed by atoms with E-state index in [-0.39, 0.29) is 0 Å². The fourth-order valence-corrected chi connectivity index (χ4v) is 1.93. The molecule has 0 spiro atoms. The standard InChI is InChI=1S/C13H19NO2/c15-13(7-9-16-11-13)10-14-8-6-12-4-2-1-3-5-12/h1-5,14-15H,6-11H2. The molecule has 1 aromatic rings. The van der Waals surface area contributed by atoms with Crippen molar-refractivity contribution in [3.63, 3.8) is 0 Å². The molecule has 16 heavy (non-hydrogen) atoms. The molecule has 3 nitrogen and oxygen atoms in total.